The highest BCUT2D eigenvalue weighted by Crippen LogP contribution is 2.22. The van der Waals surface area contributed by atoms with E-state index in [1.165, 1.54) is 0 Å². The number of carbonyl (C=O) groups is 1. The fraction of sp³-hybridized carbons (Fsp3) is 0.200. The summed E-state index contributed by atoms with van der Waals surface area (Å²) in [6.07, 6.45) is 0. The lowest BCUT2D eigenvalue weighted by atomic mass is 10.2. The van der Waals surface area contributed by atoms with Gasteiger partial charge in [-0.3, -0.25) is 0 Å². The minimum absolute atomic E-state index is 0.0233. The monoisotopic (exact) mass is 413 g/mol. The maximum atomic E-state index is 12.0. The fourth-order valence-electron chi connectivity index (χ4n) is 2.49. The van der Waals surface area contributed by atoms with E-state index >= 15 is 0 Å². The van der Waals surface area contributed by atoms with E-state index in [1.807, 2.05) is 38.1 Å². The van der Waals surface area contributed by atoms with Crippen molar-refractivity contribution in [3.05, 3.63) is 64.4 Å². The molecule has 9 heteroatoms. The molecule has 8 nitrogen and oxygen atoms in total. The molecule has 3 rings (SSSR count). The lowest BCUT2D eigenvalue weighted by molar-refractivity contribution is -0.147. The molecule has 0 atom stereocenters. The van der Waals surface area contributed by atoms with Crippen LogP contribution in [0, 0.1) is 13.8 Å². The molecule has 1 heterocycles. The van der Waals surface area contributed by atoms with Crippen LogP contribution in [0.2, 0.25) is 5.02 Å². The lowest BCUT2D eigenvalue weighted by Crippen LogP contribution is -2.16. The van der Waals surface area contributed by atoms with Gasteiger partial charge in [-0.1, -0.05) is 29.8 Å². The molecule has 1 aromatic heterocycles. The lowest BCUT2D eigenvalue weighted by Gasteiger charge is -2.11. The van der Waals surface area contributed by atoms with Gasteiger partial charge in [-0.2, -0.15) is 15.0 Å². The summed E-state index contributed by atoms with van der Waals surface area (Å²) < 4.78 is 10.6. The highest BCUT2D eigenvalue weighted by Gasteiger charge is 2.11. The Morgan fingerprint density at radius 1 is 1.10 bits per heavy atom. The van der Waals surface area contributed by atoms with Crippen LogP contribution in [0.15, 0.2) is 42.5 Å². The van der Waals surface area contributed by atoms with Gasteiger partial charge in [0, 0.05) is 10.7 Å². The Morgan fingerprint density at radius 3 is 2.66 bits per heavy atom. The van der Waals surface area contributed by atoms with Crippen molar-refractivity contribution in [2.75, 3.05) is 17.7 Å². The molecular formula is C20H20ClN5O3. The minimum Gasteiger partial charge on any atom is -0.482 e. The number of hydrogen-bond donors (Lipinski definition) is 2. The predicted octanol–water partition coefficient (Wildman–Crippen LogP) is 3.59. The zero-order valence-corrected chi connectivity index (χ0v) is 16.7. The zero-order valence-electron chi connectivity index (χ0n) is 16.0. The number of nitrogens with one attached hydrogen (secondary N) is 1. The number of halogens is 1. The van der Waals surface area contributed by atoms with Crippen LogP contribution >= 0.6 is 11.6 Å². The number of anilines is 3. The van der Waals surface area contributed by atoms with Gasteiger partial charge in [-0.15, -0.1) is 0 Å². The number of benzene rings is 2. The quantitative estimate of drug-likeness (QED) is 0.565. The molecule has 0 spiro atoms. The van der Waals surface area contributed by atoms with Gasteiger partial charge in [0.15, 0.2) is 19.0 Å². The number of rotatable bonds is 7. The van der Waals surface area contributed by atoms with E-state index in [9.17, 15) is 4.79 Å². The number of aromatic nitrogens is 3. The fourth-order valence-corrected chi connectivity index (χ4v) is 2.72. The largest absolute Gasteiger partial charge is 0.482 e. The van der Waals surface area contributed by atoms with Gasteiger partial charge in [0.2, 0.25) is 11.9 Å². The summed E-state index contributed by atoms with van der Waals surface area (Å²) in [6.45, 7) is 3.38. The van der Waals surface area contributed by atoms with Crippen LogP contribution in [0.1, 0.15) is 17.0 Å². The van der Waals surface area contributed by atoms with Crippen LogP contribution in [0.5, 0.6) is 5.75 Å². The third kappa shape index (κ3) is 5.79. The third-order valence-corrected chi connectivity index (χ3v) is 4.17. The third-order valence-electron chi connectivity index (χ3n) is 3.94. The molecule has 29 heavy (non-hydrogen) atoms. The molecule has 3 aromatic rings. The minimum atomic E-state index is -0.563. The summed E-state index contributed by atoms with van der Waals surface area (Å²) in [5, 5.41) is 3.68. The second-order valence-corrected chi connectivity index (χ2v) is 6.67. The van der Waals surface area contributed by atoms with Crippen molar-refractivity contribution >= 4 is 35.2 Å². The maximum Gasteiger partial charge on any atom is 0.344 e. The van der Waals surface area contributed by atoms with Crippen molar-refractivity contribution in [3.8, 4) is 5.75 Å². The molecule has 0 unspecified atom stereocenters. The van der Waals surface area contributed by atoms with Crippen molar-refractivity contribution in [1.29, 1.82) is 0 Å². The summed E-state index contributed by atoms with van der Waals surface area (Å²) in [7, 11) is 0. The number of hydrogen-bond acceptors (Lipinski definition) is 8. The molecule has 2 aromatic carbocycles. The smallest absolute Gasteiger partial charge is 0.344 e. The van der Waals surface area contributed by atoms with E-state index in [0.29, 0.717) is 10.8 Å². The molecule has 0 radical (unpaired) electrons. The Hall–Kier alpha value is -3.39. The van der Waals surface area contributed by atoms with Crippen LogP contribution in [-0.4, -0.2) is 27.5 Å². The molecule has 150 valence electrons. The summed E-state index contributed by atoms with van der Waals surface area (Å²) in [5.74, 6) is 0.512. The number of nitrogen functional groups attached to an aromatic ring is 1. The van der Waals surface area contributed by atoms with E-state index in [0.717, 1.165) is 16.8 Å². The molecule has 0 saturated carbocycles. The summed E-state index contributed by atoms with van der Waals surface area (Å²) in [4.78, 5) is 24.3. The molecule has 0 aliphatic rings. The second kappa shape index (κ2) is 9.20. The van der Waals surface area contributed by atoms with E-state index in [4.69, 9.17) is 26.8 Å². The van der Waals surface area contributed by atoms with Crippen LogP contribution < -0.4 is 15.8 Å². The molecular weight excluding hydrogens is 394 g/mol. The van der Waals surface area contributed by atoms with Crippen molar-refractivity contribution in [1.82, 2.24) is 15.0 Å². The van der Waals surface area contributed by atoms with Gasteiger partial charge >= 0.3 is 5.97 Å². The summed E-state index contributed by atoms with van der Waals surface area (Å²) in [5.41, 5.74) is 8.43. The van der Waals surface area contributed by atoms with Gasteiger partial charge in [0.25, 0.3) is 0 Å². The standard InChI is InChI=1S/C20H20ClN5O3/c1-12-5-3-4-6-15(12)23-20-25-17(24-19(22)26-20)10-29-18(27)11-28-16-8-7-14(21)9-13(16)2/h3-9H,10-11H2,1-2H3,(H3,22,23,24,25,26). The number of nitrogens with two attached hydrogens (primary N) is 1. The van der Waals surface area contributed by atoms with Gasteiger partial charge in [0.05, 0.1) is 0 Å². The number of para-hydroxylation sites is 1. The topological polar surface area (TPSA) is 112 Å². The average Bonchev–Trinajstić information content (AvgIpc) is 2.67. The van der Waals surface area contributed by atoms with Crippen LogP contribution in [0.25, 0.3) is 0 Å². The Morgan fingerprint density at radius 2 is 1.90 bits per heavy atom. The van der Waals surface area contributed by atoms with Crippen molar-refractivity contribution < 1.29 is 14.3 Å². The Kier molecular flexibility index (Phi) is 6.46. The van der Waals surface area contributed by atoms with Crippen LogP contribution in [0.4, 0.5) is 17.6 Å². The zero-order chi connectivity index (χ0) is 20.8. The van der Waals surface area contributed by atoms with Crippen LogP contribution in [-0.2, 0) is 16.1 Å². The van der Waals surface area contributed by atoms with Crippen molar-refractivity contribution in [3.63, 3.8) is 0 Å². The average molecular weight is 414 g/mol. The molecule has 3 N–H and O–H groups in total. The van der Waals surface area contributed by atoms with E-state index in [1.54, 1.807) is 18.2 Å². The number of nitrogens with zero attached hydrogens (tertiary/aromatic N) is 3. The SMILES string of the molecule is Cc1ccccc1Nc1nc(N)nc(COC(=O)COc2ccc(Cl)cc2C)n1. The summed E-state index contributed by atoms with van der Waals surface area (Å²) in [6, 6.07) is 12.8. The van der Waals surface area contributed by atoms with E-state index < -0.39 is 5.97 Å². The Labute approximate surface area is 173 Å². The first-order valence-electron chi connectivity index (χ1n) is 8.78. The first-order chi connectivity index (χ1) is 13.9. The van der Waals surface area contributed by atoms with Gasteiger partial charge in [0.1, 0.15) is 5.75 Å². The van der Waals surface area contributed by atoms with Gasteiger partial charge < -0.3 is 20.5 Å². The van der Waals surface area contributed by atoms with Crippen molar-refractivity contribution in [2.45, 2.75) is 20.5 Å². The highest BCUT2D eigenvalue weighted by molar-refractivity contribution is 6.30. The molecule has 0 amide bonds. The Balaban J connectivity index is 1.58. The number of carbonyl (C=O) groups excluding carboxylic acids is 1. The molecule has 0 bridgehead atoms. The molecule has 0 fully saturated rings. The predicted molar refractivity (Wildman–Crippen MR) is 110 cm³/mol. The van der Waals surface area contributed by atoms with Crippen LogP contribution in [0.3, 0.4) is 0 Å². The van der Waals surface area contributed by atoms with Crippen molar-refractivity contribution in [2.24, 2.45) is 0 Å². The van der Waals surface area contributed by atoms with Gasteiger partial charge in [-0.05, 0) is 49.2 Å². The van der Waals surface area contributed by atoms with E-state index in [-0.39, 0.29) is 30.9 Å². The first kappa shape index (κ1) is 20.3. The molecule has 0 aliphatic heterocycles. The summed E-state index contributed by atoms with van der Waals surface area (Å²) >= 11 is 5.90. The first-order valence-corrected chi connectivity index (χ1v) is 9.16. The van der Waals surface area contributed by atoms with E-state index in [2.05, 4.69) is 20.3 Å². The second-order valence-electron chi connectivity index (χ2n) is 6.23. The highest BCUT2D eigenvalue weighted by atomic mass is 35.5. The molecule has 0 saturated heterocycles. The number of esters is 1. The normalized spacial score (nSPS) is 10.4. The number of ether oxygens (including phenoxy) is 2. The molecule has 0 aliphatic carbocycles. The number of aryl methyl sites for hydroxylation is 2. The Bertz CT molecular complexity index is 1030. The van der Waals surface area contributed by atoms with Gasteiger partial charge in [-0.25, -0.2) is 4.79 Å². The maximum absolute atomic E-state index is 12.0.